The van der Waals surface area contributed by atoms with Crippen LogP contribution in [0.4, 0.5) is 0 Å². The standard InChI is InChI=1S/C16H24N4O/c1-19-10-6-13(7-11-19)15-18-14-5-3-8-17-16(14)20(15)9-4-12-21-2/h3,5,8,13H,4,6-7,9-12H2,1-2H3. The SMILES string of the molecule is COCCCn1c(C2CCN(C)CC2)nc2cccnc21. The van der Waals surface area contributed by atoms with Crippen LogP contribution in [0.15, 0.2) is 18.3 Å². The Morgan fingerprint density at radius 2 is 2.14 bits per heavy atom. The fourth-order valence-corrected chi connectivity index (χ4v) is 3.14. The van der Waals surface area contributed by atoms with Gasteiger partial charge in [0.2, 0.25) is 0 Å². The maximum atomic E-state index is 5.19. The Labute approximate surface area is 125 Å². The molecule has 1 aliphatic heterocycles. The predicted molar refractivity (Wildman–Crippen MR) is 83.5 cm³/mol. The van der Waals surface area contributed by atoms with Gasteiger partial charge in [0.05, 0.1) is 0 Å². The van der Waals surface area contributed by atoms with E-state index in [1.165, 1.54) is 18.7 Å². The summed E-state index contributed by atoms with van der Waals surface area (Å²) in [5, 5.41) is 0. The van der Waals surface area contributed by atoms with Crippen LogP contribution in [-0.4, -0.2) is 53.3 Å². The smallest absolute Gasteiger partial charge is 0.159 e. The van der Waals surface area contributed by atoms with E-state index < -0.39 is 0 Å². The molecule has 0 radical (unpaired) electrons. The van der Waals surface area contributed by atoms with Crippen molar-refractivity contribution in [1.82, 2.24) is 19.4 Å². The number of hydrogen-bond acceptors (Lipinski definition) is 4. The summed E-state index contributed by atoms with van der Waals surface area (Å²) >= 11 is 0. The van der Waals surface area contributed by atoms with Crippen LogP contribution in [-0.2, 0) is 11.3 Å². The third-order valence-corrected chi connectivity index (χ3v) is 4.35. The summed E-state index contributed by atoms with van der Waals surface area (Å²) in [5.74, 6) is 1.77. The van der Waals surface area contributed by atoms with Gasteiger partial charge in [-0.25, -0.2) is 9.97 Å². The van der Waals surface area contributed by atoms with E-state index in [0.29, 0.717) is 5.92 Å². The third-order valence-electron chi connectivity index (χ3n) is 4.35. The quantitative estimate of drug-likeness (QED) is 0.792. The molecule has 0 amide bonds. The number of aromatic nitrogens is 3. The lowest BCUT2D eigenvalue weighted by Crippen LogP contribution is -2.30. The summed E-state index contributed by atoms with van der Waals surface area (Å²) < 4.78 is 7.50. The first-order valence-corrected chi connectivity index (χ1v) is 7.78. The van der Waals surface area contributed by atoms with Crippen LogP contribution >= 0.6 is 0 Å². The Kier molecular flexibility index (Phi) is 4.51. The summed E-state index contributed by atoms with van der Waals surface area (Å²) in [6.45, 7) is 4.02. The minimum absolute atomic E-state index is 0.554. The zero-order valence-corrected chi connectivity index (χ0v) is 13.0. The number of fused-ring (bicyclic) bond motifs is 1. The minimum atomic E-state index is 0.554. The Morgan fingerprint density at radius 3 is 2.90 bits per heavy atom. The van der Waals surface area contributed by atoms with Crippen molar-refractivity contribution in [3.05, 3.63) is 24.2 Å². The van der Waals surface area contributed by atoms with Crippen molar-refractivity contribution in [2.45, 2.75) is 31.7 Å². The van der Waals surface area contributed by atoms with Crippen LogP contribution in [0, 0.1) is 0 Å². The number of rotatable bonds is 5. The minimum Gasteiger partial charge on any atom is -0.385 e. The number of likely N-dealkylation sites (tertiary alicyclic amines) is 1. The molecule has 0 bridgehead atoms. The van der Waals surface area contributed by atoms with Crippen molar-refractivity contribution in [2.24, 2.45) is 0 Å². The van der Waals surface area contributed by atoms with Crippen molar-refractivity contribution < 1.29 is 4.74 Å². The number of imidazole rings is 1. The molecule has 21 heavy (non-hydrogen) atoms. The van der Waals surface area contributed by atoms with Crippen molar-refractivity contribution in [2.75, 3.05) is 33.9 Å². The molecular weight excluding hydrogens is 264 g/mol. The van der Waals surface area contributed by atoms with E-state index >= 15 is 0 Å². The maximum absolute atomic E-state index is 5.19. The van der Waals surface area contributed by atoms with Gasteiger partial charge in [-0.1, -0.05) is 0 Å². The molecule has 2 aromatic heterocycles. The number of hydrogen-bond donors (Lipinski definition) is 0. The molecule has 3 rings (SSSR count). The first-order valence-electron chi connectivity index (χ1n) is 7.78. The highest BCUT2D eigenvalue weighted by molar-refractivity contribution is 5.71. The second kappa shape index (κ2) is 6.54. The van der Waals surface area contributed by atoms with Crippen molar-refractivity contribution in [3.63, 3.8) is 0 Å². The summed E-state index contributed by atoms with van der Waals surface area (Å²) in [7, 11) is 3.95. The number of methoxy groups -OCH3 is 1. The Bertz CT molecular complexity index is 587. The van der Waals surface area contributed by atoms with Gasteiger partial charge in [0.1, 0.15) is 11.3 Å². The molecule has 0 atom stereocenters. The first-order chi connectivity index (χ1) is 10.3. The van der Waals surface area contributed by atoms with Gasteiger partial charge in [0.25, 0.3) is 0 Å². The molecule has 2 aromatic rings. The summed E-state index contributed by atoms with van der Waals surface area (Å²) in [4.78, 5) is 11.8. The summed E-state index contributed by atoms with van der Waals surface area (Å²) in [6, 6.07) is 4.03. The van der Waals surface area contributed by atoms with Gasteiger partial charge < -0.3 is 14.2 Å². The van der Waals surface area contributed by atoms with Crippen LogP contribution in [0.2, 0.25) is 0 Å². The fraction of sp³-hybridized carbons (Fsp3) is 0.625. The highest BCUT2D eigenvalue weighted by Gasteiger charge is 2.24. The van der Waals surface area contributed by atoms with E-state index in [4.69, 9.17) is 9.72 Å². The largest absolute Gasteiger partial charge is 0.385 e. The van der Waals surface area contributed by atoms with E-state index in [2.05, 4.69) is 27.6 Å². The second-order valence-corrected chi connectivity index (χ2v) is 5.89. The number of aryl methyl sites for hydroxylation is 1. The summed E-state index contributed by atoms with van der Waals surface area (Å²) in [6.07, 6.45) is 5.22. The van der Waals surface area contributed by atoms with E-state index in [-0.39, 0.29) is 0 Å². The number of piperidine rings is 1. The molecule has 5 heteroatoms. The lowest BCUT2D eigenvalue weighted by atomic mass is 9.96. The highest BCUT2D eigenvalue weighted by Crippen LogP contribution is 2.29. The van der Waals surface area contributed by atoms with Gasteiger partial charge in [0.15, 0.2) is 5.65 Å². The van der Waals surface area contributed by atoms with Gasteiger partial charge in [-0.3, -0.25) is 0 Å². The van der Waals surface area contributed by atoms with E-state index in [1.54, 1.807) is 7.11 Å². The topological polar surface area (TPSA) is 43.2 Å². The average Bonchev–Trinajstić information content (AvgIpc) is 2.87. The van der Waals surface area contributed by atoms with Gasteiger partial charge in [-0.15, -0.1) is 0 Å². The Balaban J connectivity index is 1.90. The van der Waals surface area contributed by atoms with Crippen LogP contribution in [0.3, 0.4) is 0 Å². The monoisotopic (exact) mass is 288 g/mol. The third kappa shape index (κ3) is 3.09. The van der Waals surface area contributed by atoms with Gasteiger partial charge >= 0.3 is 0 Å². The zero-order valence-electron chi connectivity index (χ0n) is 13.0. The molecule has 0 unspecified atom stereocenters. The molecule has 0 spiro atoms. The van der Waals surface area contributed by atoms with Crippen molar-refractivity contribution in [3.8, 4) is 0 Å². The van der Waals surface area contributed by atoms with Crippen LogP contribution in [0.1, 0.15) is 31.0 Å². The lowest BCUT2D eigenvalue weighted by molar-refractivity contribution is 0.189. The first kappa shape index (κ1) is 14.5. The van der Waals surface area contributed by atoms with Crippen molar-refractivity contribution >= 4 is 11.2 Å². The normalized spacial score (nSPS) is 17.6. The van der Waals surface area contributed by atoms with E-state index in [9.17, 15) is 0 Å². The maximum Gasteiger partial charge on any atom is 0.159 e. The number of nitrogens with zero attached hydrogens (tertiary/aromatic N) is 4. The summed E-state index contributed by atoms with van der Waals surface area (Å²) in [5.41, 5.74) is 2.03. The van der Waals surface area contributed by atoms with E-state index in [1.807, 2.05) is 12.3 Å². The van der Waals surface area contributed by atoms with Crippen LogP contribution in [0.5, 0.6) is 0 Å². The highest BCUT2D eigenvalue weighted by atomic mass is 16.5. The fourth-order valence-electron chi connectivity index (χ4n) is 3.14. The molecule has 1 fully saturated rings. The van der Waals surface area contributed by atoms with Crippen LogP contribution < -0.4 is 0 Å². The lowest BCUT2D eigenvalue weighted by Gasteiger charge is -2.28. The molecular formula is C16H24N4O. The molecule has 1 saturated heterocycles. The molecule has 3 heterocycles. The van der Waals surface area contributed by atoms with Gasteiger partial charge in [-0.2, -0.15) is 0 Å². The molecule has 0 aliphatic carbocycles. The molecule has 0 saturated carbocycles. The predicted octanol–water partition coefficient (Wildman–Crippen LogP) is 2.28. The number of pyridine rings is 1. The Hall–Kier alpha value is -1.46. The van der Waals surface area contributed by atoms with Crippen molar-refractivity contribution in [1.29, 1.82) is 0 Å². The zero-order chi connectivity index (χ0) is 14.7. The molecule has 114 valence electrons. The van der Waals surface area contributed by atoms with Gasteiger partial charge in [-0.05, 0) is 51.5 Å². The Morgan fingerprint density at radius 1 is 1.33 bits per heavy atom. The molecule has 5 nitrogen and oxygen atoms in total. The number of ether oxygens (including phenoxy) is 1. The van der Waals surface area contributed by atoms with Crippen LogP contribution in [0.25, 0.3) is 11.2 Å². The van der Waals surface area contributed by atoms with E-state index in [0.717, 1.165) is 43.8 Å². The second-order valence-electron chi connectivity index (χ2n) is 5.89. The molecule has 0 N–H and O–H groups in total. The molecule has 0 aromatic carbocycles. The molecule has 1 aliphatic rings. The van der Waals surface area contributed by atoms with Gasteiger partial charge in [0, 0.05) is 32.4 Å². The average molecular weight is 288 g/mol.